The van der Waals surface area contributed by atoms with Gasteiger partial charge in [0.15, 0.2) is 5.96 Å². The summed E-state index contributed by atoms with van der Waals surface area (Å²) in [7, 11) is 4.11. The summed E-state index contributed by atoms with van der Waals surface area (Å²) in [6, 6.07) is 9.50. The van der Waals surface area contributed by atoms with Crippen LogP contribution in [0.25, 0.3) is 0 Å². The van der Waals surface area contributed by atoms with Crippen molar-refractivity contribution in [1.29, 1.82) is 0 Å². The number of aromatic nitrogens is 3. The lowest BCUT2D eigenvalue weighted by molar-refractivity contribution is 0.427. The van der Waals surface area contributed by atoms with Gasteiger partial charge >= 0.3 is 0 Å². The van der Waals surface area contributed by atoms with E-state index in [1.165, 1.54) is 43.4 Å². The van der Waals surface area contributed by atoms with Gasteiger partial charge < -0.3 is 15.5 Å². The first-order valence-corrected chi connectivity index (χ1v) is 10.3. The van der Waals surface area contributed by atoms with Crippen molar-refractivity contribution in [3.05, 3.63) is 42.0 Å². The van der Waals surface area contributed by atoms with Crippen LogP contribution in [-0.4, -0.2) is 40.4 Å². The van der Waals surface area contributed by atoms with Gasteiger partial charge in [-0.05, 0) is 37.5 Å². The molecule has 152 valence electrons. The molecule has 0 unspecified atom stereocenters. The van der Waals surface area contributed by atoms with E-state index in [4.69, 9.17) is 4.99 Å². The number of rotatable bonds is 7. The quantitative estimate of drug-likeness (QED) is 0.568. The maximum Gasteiger partial charge on any atom is 0.191 e. The van der Waals surface area contributed by atoms with Gasteiger partial charge in [0.1, 0.15) is 12.2 Å². The van der Waals surface area contributed by atoms with E-state index in [0.717, 1.165) is 18.3 Å². The molecule has 0 aliphatic heterocycles. The molecule has 0 atom stereocenters. The van der Waals surface area contributed by atoms with Crippen molar-refractivity contribution in [2.24, 2.45) is 12.0 Å². The van der Waals surface area contributed by atoms with Crippen molar-refractivity contribution in [2.75, 3.05) is 18.5 Å². The zero-order valence-corrected chi connectivity index (χ0v) is 17.4. The van der Waals surface area contributed by atoms with Crippen molar-refractivity contribution in [3.63, 3.8) is 0 Å². The van der Waals surface area contributed by atoms with Crippen molar-refractivity contribution in [2.45, 2.75) is 58.2 Å². The molecule has 0 saturated heterocycles. The number of hydrogen-bond acceptors (Lipinski definition) is 4. The summed E-state index contributed by atoms with van der Waals surface area (Å²) in [5.74, 6) is 1.66. The normalized spacial score (nSPS) is 15.5. The number of benzene rings is 1. The largest absolute Gasteiger partial charge is 0.372 e. The third kappa shape index (κ3) is 5.47. The molecule has 0 radical (unpaired) electrons. The van der Waals surface area contributed by atoms with Gasteiger partial charge in [-0.3, -0.25) is 4.68 Å². The Morgan fingerprint density at radius 3 is 2.57 bits per heavy atom. The molecule has 2 aromatic rings. The van der Waals surface area contributed by atoms with Crippen LogP contribution in [0.1, 0.15) is 50.4 Å². The van der Waals surface area contributed by atoms with Crippen LogP contribution in [0.5, 0.6) is 0 Å². The smallest absolute Gasteiger partial charge is 0.191 e. The molecule has 1 aromatic heterocycles. The van der Waals surface area contributed by atoms with Gasteiger partial charge in [0.2, 0.25) is 0 Å². The van der Waals surface area contributed by atoms with Gasteiger partial charge in [-0.25, -0.2) is 9.98 Å². The van der Waals surface area contributed by atoms with Crippen LogP contribution in [0.3, 0.4) is 0 Å². The third-order valence-corrected chi connectivity index (χ3v) is 5.45. The summed E-state index contributed by atoms with van der Waals surface area (Å²) in [5.41, 5.74) is 2.50. The Hall–Kier alpha value is -2.57. The van der Waals surface area contributed by atoms with E-state index in [2.05, 4.69) is 63.9 Å². The molecule has 1 aliphatic rings. The van der Waals surface area contributed by atoms with Crippen molar-refractivity contribution in [1.82, 2.24) is 25.4 Å². The number of anilines is 1. The zero-order valence-electron chi connectivity index (χ0n) is 17.4. The van der Waals surface area contributed by atoms with Gasteiger partial charge in [-0.1, -0.05) is 31.4 Å². The molecule has 0 spiro atoms. The van der Waals surface area contributed by atoms with Gasteiger partial charge in [0.05, 0.1) is 13.1 Å². The minimum Gasteiger partial charge on any atom is -0.372 e. The van der Waals surface area contributed by atoms with Crippen LogP contribution in [0.4, 0.5) is 5.69 Å². The Morgan fingerprint density at radius 2 is 1.93 bits per heavy atom. The summed E-state index contributed by atoms with van der Waals surface area (Å²) < 4.78 is 1.76. The van der Waals surface area contributed by atoms with E-state index in [-0.39, 0.29) is 0 Å². The molecule has 0 bridgehead atoms. The zero-order chi connectivity index (χ0) is 19.8. The summed E-state index contributed by atoms with van der Waals surface area (Å²) in [5, 5.41) is 10.7. The monoisotopic (exact) mass is 383 g/mol. The lowest BCUT2D eigenvalue weighted by Gasteiger charge is -2.33. The Balaban J connectivity index is 1.56. The molecular formula is C21H33N7. The fraction of sp³-hybridized carbons (Fsp3) is 0.571. The van der Waals surface area contributed by atoms with Gasteiger partial charge in [0.25, 0.3) is 0 Å². The highest BCUT2D eigenvalue weighted by Gasteiger charge is 2.18. The van der Waals surface area contributed by atoms with Crippen LogP contribution in [0.2, 0.25) is 0 Å². The highest BCUT2D eigenvalue weighted by atomic mass is 15.3. The first-order valence-electron chi connectivity index (χ1n) is 10.3. The molecule has 1 heterocycles. The van der Waals surface area contributed by atoms with Gasteiger partial charge in [-0.15, -0.1) is 0 Å². The fourth-order valence-electron chi connectivity index (χ4n) is 3.67. The van der Waals surface area contributed by atoms with Crippen LogP contribution in [0.15, 0.2) is 35.6 Å². The van der Waals surface area contributed by atoms with E-state index in [0.29, 0.717) is 19.1 Å². The van der Waals surface area contributed by atoms with E-state index in [1.807, 2.05) is 7.05 Å². The third-order valence-electron chi connectivity index (χ3n) is 5.45. The predicted molar refractivity (Wildman–Crippen MR) is 114 cm³/mol. The van der Waals surface area contributed by atoms with Crippen LogP contribution in [-0.2, 0) is 20.1 Å². The first kappa shape index (κ1) is 20.2. The molecule has 2 N–H and O–H groups in total. The Kier molecular flexibility index (Phi) is 7.28. The molecule has 28 heavy (non-hydrogen) atoms. The standard InChI is InChI=1S/C21H33N7/c1-4-22-21(24-15-20-25-16-26-28(20)3)23-14-17-10-12-19(13-11-17)27(2)18-8-6-5-7-9-18/h10-13,16,18H,4-9,14-15H2,1-3H3,(H2,22,23,24). The number of aryl methyl sites for hydroxylation is 1. The molecule has 1 aromatic carbocycles. The van der Waals surface area contributed by atoms with Crippen LogP contribution >= 0.6 is 0 Å². The highest BCUT2D eigenvalue weighted by molar-refractivity contribution is 5.79. The molecule has 1 fully saturated rings. The van der Waals surface area contributed by atoms with Crippen LogP contribution < -0.4 is 15.5 Å². The predicted octanol–water partition coefficient (Wildman–Crippen LogP) is 2.84. The van der Waals surface area contributed by atoms with E-state index in [1.54, 1.807) is 11.0 Å². The summed E-state index contributed by atoms with van der Waals surface area (Å²) >= 11 is 0. The number of guanidine groups is 1. The molecular weight excluding hydrogens is 350 g/mol. The lowest BCUT2D eigenvalue weighted by atomic mass is 9.94. The average Bonchev–Trinajstić information content (AvgIpc) is 3.15. The second kappa shape index (κ2) is 10.1. The Labute approximate surface area is 168 Å². The van der Waals surface area contributed by atoms with Crippen molar-refractivity contribution < 1.29 is 0 Å². The number of hydrogen-bond donors (Lipinski definition) is 2. The Morgan fingerprint density at radius 1 is 1.18 bits per heavy atom. The molecule has 7 heteroatoms. The maximum atomic E-state index is 4.70. The summed E-state index contributed by atoms with van der Waals surface area (Å²) in [6.45, 7) is 4.11. The van der Waals surface area contributed by atoms with E-state index >= 15 is 0 Å². The molecule has 3 rings (SSSR count). The summed E-state index contributed by atoms with van der Waals surface area (Å²) in [6.07, 6.45) is 8.29. The topological polar surface area (TPSA) is 70.4 Å². The molecule has 0 amide bonds. The number of aliphatic imine (C=N–C) groups is 1. The number of nitrogens with zero attached hydrogens (tertiary/aromatic N) is 5. The van der Waals surface area contributed by atoms with Crippen LogP contribution in [0, 0.1) is 0 Å². The lowest BCUT2D eigenvalue weighted by Crippen LogP contribution is -2.37. The van der Waals surface area contributed by atoms with E-state index < -0.39 is 0 Å². The molecule has 1 saturated carbocycles. The fourth-order valence-corrected chi connectivity index (χ4v) is 3.67. The van der Waals surface area contributed by atoms with E-state index in [9.17, 15) is 0 Å². The van der Waals surface area contributed by atoms with Gasteiger partial charge in [-0.2, -0.15) is 5.10 Å². The molecule has 7 nitrogen and oxygen atoms in total. The first-order chi connectivity index (χ1) is 13.7. The van der Waals surface area contributed by atoms with Gasteiger partial charge in [0, 0.05) is 32.4 Å². The minimum absolute atomic E-state index is 0.591. The van der Waals surface area contributed by atoms with Crippen molar-refractivity contribution in [3.8, 4) is 0 Å². The van der Waals surface area contributed by atoms with Crippen molar-refractivity contribution >= 4 is 11.6 Å². The maximum absolute atomic E-state index is 4.70. The summed E-state index contributed by atoms with van der Waals surface area (Å²) in [4.78, 5) is 11.4. The Bertz CT molecular complexity index is 744. The SMILES string of the molecule is CCNC(=NCc1ccc(N(C)C2CCCCC2)cc1)NCc1ncnn1C. The highest BCUT2D eigenvalue weighted by Crippen LogP contribution is 2.26. The molecule has 1 aliphatic carbocycles. The average molecular weight is 384 g/mol. The minimum atomic E-state index is 0.591. The second-order valence-electron chi connectivity index (χ2n) is 7.42. The second-order valence-corrected chi connectivity index (χ2v) is 7.42. The number of nitrogens with one attached hydrogen (secondary N) is 2.